The molecular weight excluding hydrogens is 268 g/mol. The largest absolute Gasteiger partial charge is 0.396 e. The van der Waals surface area contributed by atoms with Gasteiger partial charge in [-0.25, -0.2) is 10.8 Å². The number of anilines is 1. The molecule has 1 rings (SSSR count). The van der Waals surface area contributed by atoms with E-state index in [1.807, 2.05) is 0 Å². The topological polar surface area (TPSA) is 91.5 Å². The molecule has 0 radical (unpaired) electrons. The molecule has 0 aliphatic rings. The standard InChI is InChI=1S/C12H19ClN4O2/c1-17(5-3-2-4-6-18)12(19)9-7-10(13)15-11(8-9)16-14/h7-8,18H,2-6,14H2,1H3,(H,15,16). The van der Waals surface area contributed by atoms with Crippen molar-refractivity contribution in [3.05, 3.63) is 22.8 Å². The van der Waals surface area contributed by atoms with Crippen LogP contribution in [0.3, 0.4) is 0 Å². The van der Waals surface area contributed by atoms with Crippen LogP contribution in [0, 0.1) is 0 Å². The number of hydrazine groups is 1. The third-order valence-electron chi connectivity index (χ3n) is 2.69. The van der Waals surface area contributed by atoms with Gasteiger partial charge in [0.1, 0.15) is 11.0 Å². The Morgan fingerprint density at radius 3 is 2.84 bits per heavy atom. The van der Waals surface area contributed by atoms with Crippen LogP contribution in [-0.2, 0) is 0 Å². The number of hydrogen-bond acceptors (Lipinski definition) is 5. The number of nitrogens with one attached hydrogen (secondary N) is 1. The molecule has 0 aromatic carbocycles. The van der Waals surface area contributed by atoms with Gasteiger partial charge in [0.25, 0.3) is 5.91 Å². The molecule has 1 heterocycles. The maximum Gasteiger partial charge on any atom is 0.253 e. The summed E-state index contributed by atoms with van der Waals surface area (Å²) in [4.78, 5) is 17.7. The molecule has 0 saturated heterocycles. The monoisotopic (exact) mass is 286 g/mol. The molecule has 0 saturated carbocycles. The van der Waals surface area contributed by atoms with Crippen molar-refractivity contribution in [2.75, 3.05) is 25.6 Å². The Hall–Kier alpha value is -1.37. The van der Waals surface area contributed by atoms with Crippen LogP contribution in [0.25, 0.3) is 0 Å². The molecule has 0 spiro atoms. The van der Waals surface area contributed by atoms with Crippen molar-refractivity contribution in [2.24, 2.45) is 5.84 Å². The molecule has 6 nitrogen and oxygen atoms in total. The molecule has 0 aliphatic heterocycles. The normalized spacial score (nSPS) is 10.3. The van der Waals surface area contributed by atoms with Gasteiger partial charge in [-0.3, -0.25) is 4.79 Å². The third-order valence-corrected chi connectivity index (χ3v) is 2.88. The summed E-state index contributed by atoms with van der Waals surface area (Å²) in [6.07, 6.45) is 2.49. The number of nitrogens with two attached hydrogens (primary N) is 1. The van der Waals surface area contributed by atoms with Gasteiger partial charge < -0.3 is 15.4 Å². The summed E-state index contributed by atoms with van der Waals surface area (Å²) in [6, 6.07) is 3.06. The van der Waals surface area contributed by atoms with Crippen molar-refractivity contribution < 1.29 is 9.90 Å². The Labute approximate surface area is 117 Å². The van der Waals surface area contributed by atoms with Crippen molar-refractivity contribution in [2.45, 2.75) is 19.3 Å². The van der Waals surface area contributed by atoms with E-state index in [9.17, 15) is 4.79 Å². The molecule has 1 aromatic rings. The molecule has 106 valence electrons. The Kier molecular flexibility index (Phi) is 6.55. The first kappa shape index (κ1) is 15.7. The zero-order valence-electron chi connectivity index (χ0n) is 10.9. The number of amides is 1. The molecule has 7 heteroatoms. The zero-order chi connectivity index (χ0) is 14.3. The Balaban J connectivity index is 2.63. The highest BCUT2D eigenvalue weighted by Crippen LogP contribution is 2.15. The fourth-order valence-corrected chi connectivity index (χ4v) is 1.86. The summed E-state index contributed by atoms with van der Waals surface area (Å²) in [7, 11) is 1.73. The van der Waals surface area contributed by atoms with Gasteiger partial charge in [-0.05, 0) is 31.4 Å². The smallest absolute Gasteiger partial charge is 0.253 e. The van der Waals surface area contributed by atoms with E-state index in [1.54, 1.807) is 18.0 Å². The third kappa shape index (κ3) is 5.02. The molecule has 4 N–H and O–H groups in total. The number of carbonyl (C=O) groups is 1. The lowest BCUT2D eigenvalue weighted by Crippen LogP contribution is -2.28. The van der Waals surface area contributed by atoms with Gasteiger partial charge in [0.2, 0.25) is 0 Å². The van der Waals surface area contributed by atoms with Gasteiger partial charge in [-0.1, -0.05) is 11.6 Å². The van der Waals surface area contributed by atoms with Gasteiger partial charge >= 0.3 is 0 Å². The van der Waals surface area contributed by atoms with Crippen molar-refractivity contribution in [3.8, 4) is 0 Å². The second-order valence-electron chi connectivity index (χ2n) is 4.22. The van der Waals surface area contributed by atoms with Gasteiger partial charge in [0.15, 0.2) is 0 Å². The van der Waals surface area contributed by atoms with E-state index in [-0.39, 0.29) is 17.7 Å². The Bertz CT molecular complexity index is 428. The Morgan fingerprint density at radius 2 is 2.21 bits per heavy atom. The second kappa shape index (κ2) is 7.93. The van der Waals surface area contributed by atoms with E-state index in [0.29, 0.717) is 17.9 Å². The SMILES string of the molecule is CN(CCCCCO)C(=O)c1cc(Cl)nc(NN)c1. The van der Waals surface area contributed by atoms with E-state index in [0.717, 1.165) is 19.3 Å². The number of hydrogen-bond donors (Lipinski definition) is 3. The molecule has 19 heavy (non-hydrogen) atoms. The van der Waals surface area contributed by atoms with E-state index in [2.05, 4.69) is 10.4 Å². The summed E-state index contributed by atoms with van der Waals surface area (Å²) in [5.74, 6) is 5.47. The van der Waals surface area contributed by atoms with Crippen LogP contribution < -0.4 is 11.3 Å². The molecule has 0 fully saturated rings. The van der Waals surface area contributed by atoms with Crippen LogP contribution in [-0.4, -0.2) is 41.1 Å². The quantitative estimate of drug-likeness (QED) is 0.304. The first-order chi connectivity index (χ1) is 9.08. The summed E-state index contributed by atoms with van der Waals surface area (Å²) >= 11 is 5.82. The number of aliphatic hydroxyl groups is 1. The highest BCUT2D eigenvalue weighted by molar-refractivity contribution is 6.29. The summed E-state index contributed by atoms with van der Waals surface area (Å²) in [6.45, 7) is 0.813. The van der Waals surface area contributed by atoms with Crippen LogP contribution in [0.4, 0.5) is 5.82 Å². The number of aromatic nitrogens is 1. The predicted octanol–water partition coefficient (Wildman–Crippen LogP) is 1.26. The van der Waals surface area contributed by atoms with Gasteiger partial charge in [-0.2, -0.15) is 0 Å². The second-order valence-corrected chi connectivity index (χ2v) is 4.61. The molecule has 1 aromatic heterocycles. The number of aliphatic hydroxyl groups excluding tert-OH is 1. The first-order valence-corrected chi connectivity index (χ1v) is 6.46. The molecule has 1 amide bonds. The van der Waals surface area contributed by atoms with E-state index < -0.39 is 0 Å². The molecule has 0 unspecified atom stereocenters. The highest BCUT2D eigenvalue weighted by Gasteiger charge is 2.13. The first-order valence-electron chi connectivity index (χ1n) is 6.09. The van der Waals surface area contributed by atoms with Gasteiger partial charge in [0, 0.05) is 25.8 Å². The molecule has 0 atom stereocenters. The van der Waals surface area contributed by atoms with Crippen molar-refractivity contribution in [1.82, 2.24) is 9.88 Å². The summed E-state index contributed by atoms with van der Waals surface area (Å²) < 4.78 is 0. The number of halogens is 1. The minimum atomic E-state index is -0.134. The summed E-state index contributed by atoms with van der Waals surface area (Å²) in [5, 5.41) is 8.90. The van der Waals surface area contributed by atoms with Crippen LogP contribution in [0.15, 0.2) is 12.1 Å². The van der Waals surface area contributed by atoms with Crippen molar-refractivity contribution in [3.63, 3.8) is 0 Å². The fourth-order valence-electron chi connectivity index (χ4n) is 1.65. The van der Waals surface area contributed by atoms with Crippen molar-refractivity contribution in [1.29, 1.82) is 0 Å². The van der Waals surface area contributed by atoms with Gasteiger partial charge in [0.05, 0.1) is 0 Å². The lowest BCUT2D eigenvalue weighted by Gasteiger charge is -2.17. The lowest BCUT2D eigenvalue weighted by atomic mass is 10.2. The average molecular weight is 287 g/mol. The molecule has 0 aliphatic carbocycles. The number of nitrogens with zero attached hydrogens (tertiary/aromatic N) is 2. The van der Waals surface area contributed by atoms with Crippen molar-refractivity contribution >= 4 is 23.3 Å². The molecule has 0 bridgehead atoms. The van der Waals surface area contributed by atoms with Crippen LogP contribution in [0.2, 0.25) is 5.15 Å². The van der Waals surface area contributed by atoms with Crippen LogP contribution >= 0.6 is 11.6 Å². The van der Waals surface area contributed by atoms with Crippen LogP contribution in [0.5, 0.6) is 0 Å². The lowest BCUT2D eigenvalue weighted by molar-refractivity contribution is 0.0792. The van der Waals surface area contributed by atoms with Crippen LogP contribution in [0.1, 0.15) is 29.6 Å². The average Bonchev–Trinajstić information content (AvgIpc) is 2.41. The number of unbranched alkanes of at least 4 members (excludes halogenated alkanes) is 2. The fraction of sp³-hybridized carbons (Fsp3) is 0.500. The van der Waals surface area contributed by atoms with Gasteiger partial charge in [-0.15, -0.1) is 0 Å². The predicted molar refractivity (Wildman–Crippen MR) is 75.0 cm³/mol. The number of pyridine rings is 1. The Morgan fingerprint density at radius 1 is 1.47 bits per heavy atom. The van der Waals surface area contributed by atoms with E-state index in [4.69, 9.17) is 22.6 Å². The number of carbonyl (C=O) groups excluding carboxylic acids is 1. The highest BCUT2D eigenvalue weighted by atomic mass is 35.5. The van der Waals surface area contributed by atoms with E-state index >= 15 is 0 Å². The van der Waals surface area contributed by atoms with E-state index in [1.165, 1.54) is 6.07 Å². The number of rotatable bonds is 7. The zero-order valence-corrected chi connectivity index (χ0v) is 11.7. The molecular formula is C12H19ClN4O2. The summed E-state index contributed by atoms with van der Waals surface area (Å²) in [5.41, 5.74) is 2.81. The number of nitrogen functional groups attached to an aromatic ring is 1. The minimum absolute atomic E-state index is 0.134. The minimum Gasteiger partial charge on any atom is -0.396 e. The maximum atomic E-state index is 12.2. The maximum absolute atomic E-state index is 12.2.